The Morgan fingerprint density at radius 2 is 2.26 bits per heavy atom. The van der Waals surface area contributed by atoms with Crippen LogP contribution >= 0.6 is 0 Å². The molecule has 19 heavy (non-hydrogen) atoms. The van der Waals surface area contributed by atoms with Crippen LogP contribution in [0.25, 0.3) is 0 Å². The molecule has 6 nitrogen and oxygen atoms in total. The molecule has 1 saturated carbocycles. The minimum Gasteiger partial charge on any atom is -0.346 e. The number of rotatable bonds is 3. The van der Waals surface area contributed by atoms with Crippen LogP contribution < -0.4 is 10.8 Å². The molecule has 1 aromatic heterocycles. The standard InChI is InChI=1S/C13H16N4O2/c18-13(17-19-11-3-1-2-4-11)10-5-9-6-14-8-16-12(9)15-7-10/h6-8,11H,1-5H2,(H,17,18)(H,14,15,16). The number of aromatic nitrogens is 2. The van der Waals surface area contributed by atoms with Crippen molar-refractivity contribution in [2.24, 2.45) is 0 Å². The lowest BCUT2D eigenvalue weighted by atomic mass is 10.1. The molecule has 2 aliphatic rings. The quantitative estimate of drug-likeness (QED) is 0.802. The summed E-state index contributed by atoms with van der Waals surface area (Å²) >= 11 is 0. The first-order valence-electron chi connectivity index (χ1n) is 6.53. The maximum atomic E-state index is 12.0. The first-order chi connectivity index (χ1) is 9.33. The van der Waals surface area contributed by atoms with E-state index in [-0.39, 0.29) is 12.0 Å². The molecule has 100 valence electrons. The fraction of sp³-hybridized carbons (Fsp3) is 0.462. The minimum atomic E-state index is -0.200. The van der Waals surface area contributed by atoms with E-state index in [9.17, 15) is 4.79 Å². The highest BCUT2D eigenvalue weighted by molar-refractivity contribution is 5.94. The van der Waals surface area contributed by atoms with Crippen molar-refractivity contribution in [1.82, 2.24) is 15.4 Å². The Hall–Kier alpha value is -1.95. The number of nitrogens with one attached hydrogen (secondary N) is 2. The highest BCUT2D eigenvalue weighted by Crippen LogP contribution is 2.22. The number of amides is 1. The van der Waals surface area contributed by atoms with Gasteiger partial charge in [0.05, 0.1) is 6.10 Å². The SMILES string of the molecule is O=C(NOC1CCCC1)C1=CNc2ncncc2C1. The number of hydroxylamine groups is 1. The second-order valence-corrected chi connectivity index (χ2v) is 4.84. The van der Waals surface area contributed by atoms with Crippen LogP contribution in [0.2, 0.25) is 0 Å². The van der Waals surface area contributed by atoms with Crippen molar-refractivity contribution in [3.05, 3.63) is 29.9 Å². The van der Waals surface area contributed by atoms with Gasteiger partial charge in [-0.3, -0.25) is 9.63 Å². The summed E-state index contributed by atoms with van der Waals surface area (Å²) in [4.78, 5) is 25.4. The van der Waals surface area contributed by atoms with Crippen LogP contribution in [0.1, 0.15) is 31.2 Å². The van der Waals surface area contributed by atoms with Gasteiger partial charge in [0.2, 0.25) is 0 Å². The fourth-order valence-corrected chi connectivity index (χ4v) is 2.38. The molecule has 6 heteroatoms. The van der Waals surface area contributed by atoms with E-state index in [4.69, 9.17) is 4.84 Å². The molecule has 0 spiro atoms. The monoisotopic (exact) mass is 260 g/mol. The van der Waals surface area contributed by atoms with E-state index in [0.717, 1.165) is 24.2 Å². The third-order valence-electron chi connectivity index (χ3n) is 3.46. The molecule has 2 N–H and O–H groups in total. The van der Waals surface area contributed by atoms with Crippen molar-refractivity contribution in [1.29, 1.82) is 0 Å². The second kappa shape index (κ2) is 5.36. The van der Waals surface area contributed by atoms with Gasteiger partial charge in [-0.1, -0.05) is 12.8 Å². The van der Waals surface area contributed by atoms with Crippen molar-refractivity contribution in [2.75, 3.05) is 5.32 Å². The summed E-state index contributed by atoms with van der Waals surface area (Å²) in [5.41, 5.74) is 4.08. The van der Waals surface area contributed by atoms with Gasteiger partial charge in [-0.25, -0.2) is 15.4 Å². The van der Waals surface area contributed by atoms with Gasteiger partial charge in [-0.2, -0.15) is 0 Å². The lowest BCUT2D eigenvalue weighted by Gasteiger charge is -2.17. The number of hydrogen-bond acceptors (Lipinski definition) is 5. The zero-order valence-corrected chi connectivity index (χ0v) is 10.6. The number of carbonyl (C=O) groups is 1. The van der Waals surface area contributed by atoms with E-state index in [2.05, 4.69) is 20.8 Å². The van der Waals surface area contributed by atoms with Gasteiger partial charge in [0, 0.05) is 30.0 Å². The molecule has 2 heterocycles. The highest BCUT2D eigenvalue weighted by atomic mass is 16.7. The average molecular weight is 260 g/mol. The molecule has 0 saturated heterocycles. The Morgan fingerprint density at radius 3 is 3.11 bits per heavy atom. The number of anilines is 1. The van der Waals surface area contributed by atoms with Crippen molar-refractivity contribution in [2.45, 2.75) is 38.2 Å². The van der Waals surface area contributed by atoms with E-state index in [1.54, 1.807) is 12.4 Å². The maximum absolute atomic E-state index is 12.0. The smallest absolute Gasteiger partial charge is 0.272 e. The van der Waals surface area contributed by atoms with E-state index in [0.29, 0.717) is 12.0 Å². The number of carbonyl (C=O) groups excluding carboxylic acids is 1. The Balaban J connectivity index is 1.57. The van der Waals surface area contributed by atoms with Gasteiger partial charge in [0.25, 0.3) is 5.91 Å². The second-order valence-electron chi connectivity index (χ2n) is 4.84. The lowest BCUT2D eigenvalue weighted by Crippen LogP contribution is -2.31. The molecule has 0 atom stereocenters. The molecule has 1 aromatic rings. The fourth-order valence-electron chi connectivity index (χ4n) is 2.38. The molecule has 1 aliphatic carbocycles. The summed E-state index contributed by atoms with van der Waals surface area (Å²) in [6.45, 7) is 0. The summed E-state index contributed by atoms with van der Waals surface area (Å²) in [6.07, 6.45) is 9.94. The van der Waals surface area contributed by atoms with E-state index < -0.39 is 0 Å². The Kier molecular flexibility index (Phi) is 3.41. The van der Waals surface area contributed by atoms with Crippen LogP contribution in [-0.2, 0) is 16.1 Å². The largest absolute Gasteiger partial charge is 0.346 e. The normalized spacial score (nSPS) is 18.4. The third-order valence-corrected chi connectivity index (χ3v) is 3.46. The zero-order valence-electron chi connectivity index (χ0n) is 10.6. The zero-order chi connectivity index (χ0) is 13.1. The van der Waals surface area contributed by atoms with Crippen molar-refractivity contribution in [3.63, 3.8) is 0 Å². The predicted molar refractivity (Wildman–Crippen MR) is 68.9 cm³/mol. The lowest BCUT2D eigenvalue weighted by molar-refractivity contribution is -0.134. The molecule has 0 aromatic carbocycles. The summed E-state index contributed by atoms with van der Waals surface area (Å²) < 4.78 is 0. The molecule has 0 unspecified atom stereocenters. The maximum Gasteiger partial charge on any atom is 0.272 e. The van der Waals surface area contributed by atoms with Crippen molar-refractivity contribution < 1.29 is 9.63 Å². The van der Waals surface area contributed by atoms with Crippen LogP contribution in [0, 0.1) is 0 Å². The van der Waals surface area contributed by atoms with Crippen LogP contribution in [0.15, 0.2) is 24.3 Å². The Bertz CT molecular complexity index is 509. The summed E-state index contributed by atoms with van der Waals surface area (Å²) in [7, 11) is 0. The molecule has 0 radical (unpaired) electrons. The van der Waals surface area contributed by atoms with Crippen molar-refractivity contribution >= 4 is 11.7 Å². The predicted octanol–water partition coefficient (Wildman–Crippen LogP) is 1.32. The van der Waals surface area contributed by atoms with Gasteiger partial charge in [-0.05, 0) is 12.8 Å². The average Bonchev–Trinajstić information content (AvgIpc) is 2.97. The van der Waals surface area contributed by atoms with Crippen molar-refractivity contribution in [3.8, 4) is 0 Å². The third kappa shape index (κ3) is 2.73. The minimum absolute atomic E-state index is 0.164. The number of hydrogen-bond donors (Lipinski definition) is 2. The molecule has 0 bridgehead atoms. The number of nitrogens with zero attached hydrogens (tertiary/aromatic N) is 2. The molecular formula is C13H16N4O2. The first-order valence-corrected chi connectivity index (χ1v) is 6.53. The van der Waals surface area contributed by atoms with E-state index in [1.807, 2.05) is 0 Å². The van der Waals surface area contributed by atoms with E-state index >= 15 is 0 Å². The van der Waals surface area contributed by atoms with Crippen LogP contribution in [0.3, 0.4) is 0 Å². The van der Waals surface area contributed by atoms with Gasteiger partial charge in [0.15, 0.2) is 0 Å². The van der Waals surface area contributed by atoms with Crippen LogP contribution in [0.4, 0.5) is 5.82 Å². The Morgan fingerprint density at radius 1 is 1.42 bits per heavy atom. The van der Waals surface area contributed by atoms with Gasteiger partial charge >= 0.3 is 0 Å². The van der Waals surface area contributed by atoms with Gasteiger partial charge in [-0.15, -0.1) is 0 Å². The summed E-state index contributed by atoms with van der Waals surface area (Å²) in [5, 5.41) is 2.99. The molecular weight excluding hydrogens is 244 g/mol. The molecule has 3 rings (SSSR count). The molecule has 1 amide bonds. The van der Waals surface area contributed by atoms with Crippen LogP contribution in [0.5, 0.6) is 0 Å². The summed E-state index contributed by atoms with van der Waals surface area (Å²) in [6, 6.07) is 0. The highest BCUT2D eigenvalue weighted by Gasteiger charge is 2.20. The van der Waals surface area contributed by atoms with Gasteiger partial charge in [0.1, 0.15) is 12.1 Å². The van der Waals surface area contributed by atoms with E-state index in [1.165, 1.54) is 19.2 Å². The molecule has 1 fully saturated rings. The van der Waals surface area contributed by atoms with Crippen LogP contribution in [-0.4, -0.2) is 22.0 Å². The first kappa shape index (κ1) is 12.1. The summed E-state index contributed by atoms with van der Waals surface area (Å²) in [5.74, 6) is 0.553. The number of fused-ring (bicyclic) bond motifs is 1. The molecule has 1 aliphatic heterocycles. The topological polar surface area (TPSA) is 76.1 Å². The Labute approximate surface area is 111 Å². The van der Waals surface area contributed by atoms with Gasteiger partial charge < -0.3 is 5.32 Å².